The lowest BCUT2D eigenvalue weighted by Gasteiger charge is -2.32. The highest BCUT2D eigenvalue weighted by Crippen LogP contribution is 2.43. The summed E-state index contributed by atoms with van der Waals surface area (Å²) in [5.41, 5.74) is 1.16. The predicted molar refractivity (Wildman–Crippen MR) is 84.8 cm³/mol. The van der Waals surface area contributed by atoms with Gasteiger partial charge in [-0.3, -0.25) is 4.79 Å². The Bertz CT molecular complexity index is 645. The number of fused-ring (bicyclic) bond motifs is 2. The van der Waals surface area contributed by atoms with E-state index in [1.165, 1.54) is 10.6 Å². The van der Waals surface area contributed by atoms with Gasteiger partial charge in [0, 0.05) is 12.6 Å². The third-order valence-corrected chi connectivity index (χ3v) is 6.02. The van der Waals surface area contributed by atoms with Gasteiger partial charge in [0.25, 0.3) is 0 Å². The van der Waals surface area contributed by atoms with Crippen molar-refractivity contribution in [3.8, 4) is 0 Å². The number of carbonyl (C=O) groups excluding carboxylic acids is 1. The second-order valence-electron chi connectivity index (χ2n) is 6.29. The van der Waals surface area contributed by atoms with Crippen LogP contribution in [-0.4, -0.2) is 43.5 Å². The molecule has 3 atom stereocenters. The number of hydrogen-bond acceptors (Lipinski definition) is 3. The molecule has 0 spiro atoms. The van der Waals surface area contributed by atoms with Crippen molar-refractivity contribution < 1.29 is 13.2 Å². The lowest BCUT2D eigenvalue weighted by Crippen LogP contribution is -2.52. The minimum atomic E-state index is -3.33. The first kappa shape index (κ1) is 15.5. The van der Waals surface area contributed by atoms with Gasteiger partial charge in [0.1, 0.15) is 6.04 Å². The van der Waals surface area contributed by atoms with Crippen LogP contribution in [0.25, 0.3) is 0 Å². The Balaban J connectivity index is 1.62. The number of nitrogens with zero attached hydrogens (tertiary/aromatic N) is 1. The Labute approximate surface area is 131 Å². The van der Waals surface area contributed by atoms with E-state index in [9.17, 15) is 13.2 Å². The molecule has 1 saturated heterocycles. The molecule has 0 radical (unpaired) electrons. The average molecular weight is 322 g/mol. The molecule has 1 aliphatic heterocycles. The molecule has 5 nitrogen and oxygen atoms in total. The summed E-state index contributed by atoms with van der Waals surface area (Å²) in [6, 6.07) is 9.45. The van der Waals surface area contributed by atoms with E-state index in [4.69, 9.17) is 0 Å². The lowest BCUT2D eigenvalue weighted by atomic mass is 9.99. The predicted octanol–water partition coefficient (Wildman–Crippen LogP) is 1.16. The number of benzene rings is 1. The SMILES string of the molecule is CS(=O)(=O)N1[C@H]2CC[C@@H](C2)[C@@H]1C(=O)NCCc1ccccc1. The molecule has 120 valence electrons. The van der Waals surface area contributed by atoms with Crippen LogP contribution in [0, 0.1) is 5.92 Å². The van der Waals surface area contributed by atoms with E-state index in [1.807, 2.05) is 30.3 Å². The minimum Gasteiger partial charge on any atom is -0.354 e. The first-order chi connectivity index (χ1) is 10.5. The lowest BCUT2D eigenvalue weighted by molar-refractivity contribution is -0.126. The van der Waals surface area contributed by atoms with E-state index < -0.39 is 16.1 Å². The second kappa shape index (κ2) is 6.01. The summed E-state index contributed by atoms with van der Waals surface area (Å²) in [5, 5.41) is 2.91. The largest absolute Gasteiger partial charge is 0.354 e. The summed E-state index contributed by atoms with van der Waals surface area (Å²) in [6.07, 6.45) is 4.62. The molecule has 3 rings (SSSR count). The van der Waals surface area contributed by atoms with Crippen LogP contribution in [0.5, 0.6) is 0 Å². The van der Waals surface area contributed by atoms with E-state index in [2.05, 4.69) is 5.32 Å². The molecule has 1 amide bonds. The molecular weight excluding hydrogens is 300 g/mol. The zero-order valence-electron chi connectivity index (χ0n) is 12.7. The van der Waals surface area contributed by atoms with Gasteiger partial charge in [-0.25, -0.2) is 8.42 Å². The van der Waals surface area contributed by atoms with Crippen LogP contribution in [0.2, 0.25) is 0 Å². The fraction of sp³-hybridized carbons (Fsp3) is 0.562. The second-order valence-corrected chi connectivity index (χ2v) is 8.18. The van der Waals surface area contributed by atoms with Gasteiger partial charge in [-0.05, 0) is 37.2 Å². The third kappa shape index (κ3) is 3.03. The summed E-state index contributed by atoms with van der Waals surface area (Å²) in [7, 11) is -3.33. The van der Waals surface area contributed by atoms with Gasteiger partial charge in [0.2, 0.25) is 15.9 Å². The highest BCUT2D eigenvalue weighted by Gasteiger charge is 2.52. The molecule has 0 aromatic heterocycles. The molecule has 1 aromatic carbocycles. The van der Waals surface area contributed by atoms with E-state index >= 15 is 0 Å². The molecule has 2 fully saturated rings. The van der Waals surface area contributed by atoms with Crippen LogP contribution >= 0.6 is 0 Å². The molecule has 1 aromatic rings. The minimum absolute atomic E-state index is 0.0184. The molecular formula is C16H22N2O3S. The van der Waals surface area contributed by atoms with Crippen LogP contribution in [0.1, 0.15) is 24.8 Å². The first-order valence-electron chi connectivity index (χ1n) is 7.77. The van der Waals surface area contributed by atoms with Crippen molar-refractivity contribution in [3.63, 3.8) is 0 Å². The van der Waals surface area contributed by atoms with Crippen molar-refractivity contribution in [2.24, 2.45) is 5.92 Å². The maximum Gasteiger partial charge on any atom is 0.238 e. The third-order valence-electron chi connectivity index (χ3n) is 4.73. The number of sulfonamides is 1. The van der Waals surface area contributed by atoms with Crippen molar-refractivity contribution >= 4 is 15.9 Å². The Morgan fingerprint density at radius 1 is 1.27 bits per heavy atom. The number of nitrogens with one attached hydrogen (secondary N) is 1. The van der Waals surface area contributed by atoms with E-state index in [-0.39, 0.29) is 17.9 Å². The van der Waals surface area contributed by atoms with Crippen molar-refractivity contribution in [3.05, 3.63) is 35.9 Å². The summed E-state index contributed by atoms with van der Waals surface area (Å²) >= 11 is 0. The normalized spacial score (nSPS) is 28.0. The Morgan fingerprint density at radius 3 is 2.68 bits per heavy atom. The van der Waals surface area contributed by atoms with Crippen LogP contribution in [0.3, 0.4) is 0 Å². The topological polar surface area (TPSA) is 66.5 Å². The maximum atomic E-state index is 12.5. The van der Waals surface area contributed by atoms with Crippen LogP contribution < -0.4 is 5.32 Å². The smallest absolute Gasteiger partial charge is 0.238 e. The van der Waals surface area contributed by atoms with Crippen molar-refractivity contribution in [1.82, 2.24) is 9.62 Å². The van der Waals surface area contributed by atoms with Crippen LogP contribution in [0.15, 0.2) is 30.3 Å². The zero-order chi connectivity index (χ0) is 15.7. The van der Waals surface area contributed by atoms with Gasteiger partial charge in [0.15, 0.2) is 0 Å². The molecule has 1 heterocycles. The standard InChI is InChI=1S/C16H22N2O3S/c1-22(20,21)18-14-8-7-13(11-14)15(18)16(19)17-10-9-12-5-3-2-4-6-12/h2-6,13-15H,7-11H2,1H3,(H,17,19)/t13-,14-,15+/m0/s1. The van der Waals surface area contributed by atoms with Gasteiger partial charge < -0.3 is 5.32 Å². The van der Waals surface area contributed by atoms with E-state index in [1.54, 1.807) is 0 Å². The van der Waals surface area contributed by atoms with Gasteiger partial charge >= 0.3 is 0 Å². The van der Waals surface area contributed by atoms with Crippen molar-refractivity contribution in [2.45, 2.75) is 37.8 Å². The number of amides is 1. The maximum absolute atomic E-state index is 12.5. The van der Waals surface area contributed by atoms with E-state index in [0.717, 1.165) is 31.2 Å². The highest BCUT2D eigenvalue weighted by atomic mass is 32.2. The molecule has 6 heteroatoms. The summed E-state index contributed by atoms with van der Waals surface area (Å²) in [4.78, 5) is 12.5. The number of hydrogen-bond donors (Lipinski definition) is 1. The zero-order valence-corrected chi connectivity index (χ0v) is 13.6. The molecule has 1 aliphatic carbocycles. The first-order valence-corrected chi connectivity index (χ1v) is 9.62. The van der Waals surface area contributed by atoms with Gasteiger partial charge in [-0.1, -0.05) is 30.3 Å². The summed E-state index contributed by atoms with van der Waals surface area (Å²) in [5.74, 6) is 0.0324. The summed E-state index contributed by atoms with van der Waals surface area (Å²) < 4.78 is 25.4. The average Bonchev–Trinajstić information content (AvgIpc) is 3.08. The number of piperidine rings is 1. The summed E-state index contributed by atoms with van der Waals surface area (Å²) in [6.45, 7) is 0.536. The van der Waals surface area contributed by atoms with Crippen LogP contribution in [-0.2, 0) is 21.2 Å². The molecule has 22 heavy (non-hydrogen) atoms. The molecule has 1 N–H and O–H groups in total. The van der Waals surface area contributed by atoms with Gasteiger partial charge in [-0.2, -0.15) is 4.31 Å². The van der Waals surface area contributed by atoms with Gasteiger partial charge in [0.05, 0.1) is 6.26 Å². The number of carbonyl (C=O) groups is 1. The molecule has 0 unspecified atom stereocenters. The van der Waals surface area contributed by atoms with E-state index in [0.29, 0.717) is 6.54 Å². The Morgan fingerprint density at radius 2 is 2.00 bits per heavy atom. The molecule has 2 aliphatic rings. The van der Waals surface area contributed by atoms with Crippen molar-refractivity contribution in [2.75, 3.05) is 12.8 Å². The monoisotopic (exact) mass is 322 g/mol. The molecule has 2 bridgehead atoms. The fourth-order valence-electron chi connectivity index (χ4n) is 3.83. The highest BCUT2D eigenvalue weighted by molar-refractivity contribution is 7.88. The Kier molecular flexibility index (Phi) is 4.23. The van der Waals surface area contributed by atoms with Gasteiger partial charge in [-0.15, -0.1) is 0 Å². The fourth-order valence-corrected chi connectivity index (χ4v) is 5.24. The van der Waals surface area contributed by atoms with Crippen LogP contribution in [0.4, 0.5) is 0 Å². The molecule has 1 saturated carbocycles. The van der Waals surface area contributed by atoms with Crippen molar-refractivity contribution in [1.29, 1.82) is 0 Å². The Hall–Kier alpha value is -1.40. The quantitative estimate of drug-likeness (QED) is 0.884. The number of rotatable bonds is 5.